The molecule has 0 aromatic heterocycles. The lowest BCUT2D eigenvalue weighted by Gasteiger charge is -2.50. The molecule has 1 aliphatic heterocycles. The molecule has 2 N–H and O–H groups in total. The maximum Gasteiger partial charge on any atom is 0.0702 e. The molecule has 0 aromatic carbocycles. The van der Waals surface area contributed by atoms with Crippen LogP contribution in [0.5, 0.6) is 0 Å². The zero-order valence-electron chi connectivity index (χ0n) is 14.3. The topological polar surface area (TPSA) is 38.5 Å². The van der Waals surface area contributed by atoms with Gasteiger partial charge in [-0.25, -0.2) is 0 Å². The van der Waals surface area contributed by atoms with Gasteiger partial charge in [0.25, 0.3) is 0 Å². The van der Waals surface area contributed by atoms with E-state index in [1.165, 1.54) is 57.9 Å². The molecule has 3 heteroatoms. The number of likely N-dealkylation sites (tertiary alicyclic amines) is 1. The fourth-order valence-corrected chi connectivity index (χ4v) is 4.35. The summed E-state index contributed by atoms with van der Waals surface area (Å²) in [7, 11) is 0. The Labute approximate surface area is 131 Å². The van der Waals surface area contributed by atoms with E-state index in [0.717, 1.165) is 32.0 Å². The van der Waals surface area contributed by atoms with Gasteiger partial charge in [0.1, 0.15) is 0 Å². The Morgan fingerprint density at radius 1 is 1.14 bits per heavy atom. The van der Waals surface area contributed by atoms with Crippen LogP contribution >= 0.6 is 0 Å². The zero-order chi connectivity index (χ0) is 15.1. The lowest BCUT2D eigenvalue weighted by molar-refractivity contribution is -0.0506. The number of hydrogen-bond donors (Lipinski definition) is 1. The lowest BCUT2D eigenvalue weighted by Crippen LogP contribution is -2.59. The van der Waals surface area contributed by atoms with Gasteiger partial charge in [0.15, 0.2) is 0 Å². The van der Waals surface area contributed by atoms with Gasteiger partial charge in [-0.2, -0.15) is 0 Å². The summed E-state index contributed by atoms with van der Waals surface area (Å²) in [5, 5.41) is 0. The minimum atomic E-state index is 0.276. The van der Waals surface area contributed by atoms with Crippen LogP contribution in [0.4, 0.5) is 0 Å². The van der Waals surface area contributed by atoms with Crippen molar-refractivity contribution in [3.05, 3.63) is 0 Å². The highest BCUT2D eigenvalue weighted by Crippen LogP contribution is 2.39. The first-order valence-corrected chi connectivity index (χ1v) is 9.30. The quantitative estimate of drug-likeness (QED) is 0.780. The maximum atomic E-state index is 6.25. The molecule has 0 amide bonds. The summed E-state index contributed by atoms with van der Waals surface area (Å²) in [6, 6.07) is 0. The van der Waals surface area contributed by atoms with Gasteiger partial charge in [0.2, 0.25) is 0 Å². The number of nitrogens with zero attached hydrogens (tertiary/aromatic N) is 1. The van der Waals surface area contributed by atoms with Gasteiger partial charge in [0, 0.05) is 25.2 Å². The molecule has 3 nitrogen and oxygen atoms in total. The molecule has 21 heavy (non-hydrogen) atoms. The number of rotatable bonds is 7. The number of ether oxygens (including phenoxy) is 1. The summed E-state index contributed by atoms with van der Waals surface area (Å²) in [4.78, 5) is 2.69. The van der Waals surface area contributed by atoms with Crippen LogP contribution in [-0.2, 0) is 4.74 Å². The first kappa shape index (κ1) is 17.2. The Morgan fingerprint density at radius 2 is 1.90 bits per heavy atom. The highest BCUT2D eigenvalue weighted by atomic mass is 16.5. The Balaban J connectivity index is 1.90. The summed E-state index contributed by atoms with van der Waals surface area (Å²) in [6.45, 7) is 8.57. The summed E-state index contributed by atoms with van der Waals surface area (Å²) in [6.07, 6.45) is 12.2. The van der Waals surface area contributed by atoms with E-state index in [2.05, 4.69) is 18.7 Å². The molecule has 1 heterocycles. The van der Waals surface area contributed by atoms with E-state index in [4.69, 9.17) is 10.5 Å². The summed E-state index contributed by atoms with van der Waals surface area (Å²) >= 11 is 0. The third kappa shape index (κ3) is 4.43. The second-order valence-corrected chi connectivity index (χ2v) is 7.24. The van der Waals surface area contributed by atoms with Crippen molar-refractivity contribution >= 4 is 0 Å². The van der Waals surface area contributed by atoms with E-state index < -0.39 is 0 Å². The predicted octanol–water partition coefficient (Wildman–Crippen LogP) is 3.57. The van der Waals surface area contributed by atoms with Crippen molar-refractivity contribution in [2.45, 2.75) is 83.3 Å². The molecule has 2 rings (SSSR count). The molecular weight excluding hydrogens is 260 g/mol. The van der Waals surface area contributed by atoms with Crippen molar-refractivity contribution in [1.82, 2.24) is 4.90 Å². The van der Waals surface area contributed by atoms with E-state index in [9.17, 15) is 0 Å². The van der Waals surface area contributed by atoms with Crippen LogP contribution in [0.1, 0.15) is 71.6 Å². The first-order valence-electron chi connectivity index (χ1n) is 9.30. The molecule has 1 unspecified atom stereocenters. The summed E-state index contributed by atoms with van der Waals surface area (Å²) < 4.78 is 6.02. The monoisotopic (exact) mass is 296 g/mol. The van der Waals surface area contributed by atoms with Crippen molar-refractivity contribution in [3.63, 3.8) is 0 Å². The lowest BCUT2D eigenvalue weighted by atomic mass is 9.73. The molecule has 124 valence electrons. The highest BCUT2D eigenvalue weighted by molar-refractivity contribution is 4.97. The van der Waals surface area contributed by atoms with Gasteiger partial charge >= 0.3 is 0 Å². The van der Waals surface area contributed by atoms with Crippen LogP contribution in [0.2, 0.25) is 0 Å². The third-order valence-corrected chi connectivity index (χ3v) is 5.72. The van der Waals surface area contributed by atoms with Crippen LogP contribution in [-0.4, -0.2) is 42.8 Å². The Kier molecular flexibility index (Phi) is 6.97. The maximum absolute atomic E-state index is 6.25. The zero-order valence-corrected chi connectivity index (χ0v) is 14.3. The Bertz CT molecular complexity index is 287. The molecule has 2 fully saturated rings. The smallest absolute Gasteiger partial charge is 0.0702 e. The molecule has 1 saturated carbocycles. The normalized spacial score (nSPS) is 35.0. The van der Waals surface area contributed by atoms with Crippen molar-refractivity contribution in [2.24, 2.45) is 11.7 Å². The highest BCUT2D eigenvalue weighted by Gasteiger charge is 2.40. The van der Waals surface area contributed by atoms with Crippen LogP contribution in [0.25, 0.3) is 0 Å². The molecule has 2 aliphatic rings. The fourth-order valence-electron chi connectivity index (χ4n) is 4.35. The molecule has 0 radical (unpaired) electrons. The summed E-state index contributed by atoms with van der Waals surface area (Å²) in [5.41, 5.74) is 6.53. The molecule has 0 bridgehead atoms. The number of piperidine rings is 1. The van der Waals surface area contributed by atoms with Gasteiger partial charge in [-0.15, -0.1) is 0 Å². The largest absolute Gasteiger partial charge is 0.377 e. The van der Waals surface area contributed by atoms with E-state index in [1.807, 2.05) is 0 Å². The van der Waals surface area contributed by atoms with Crippen LogP contribution in [0.3, 0.4) is 0 Å². The molecule has 1 atom stereocenters. The van der Waals surface area contributed by atoms with E-state index in [1.54, 1.807) is 0 Å². The predicted molar refractivity (Wildman–Crippen MR) is 89.5 cm³/mol. The number of hydrogen-bond acceptors (Lipinski definition) is 3. The molecule has 0 spiro atoms. The van der Waals surface area contributed by atoms with Crippen molar-refractivity contribution in [1.29, 1.82) is 0 Å². The van der Waals surface area contributed by atoms with Gasteiger partial charge in [0.05, 0.1) is 6.10 Å². The second kappa shape index (κ2) is 8.50. The summed E-state index contributed by atoms with van der Waals surface area (Å²) in [5.74, 6) is 0.951. The van der Waals surface area contributed by atoms with Gasteiger partial charge in [-0.05, 0) is 57.4 Å². The minimum Gasteiger partial charge on any atom is -0.377 e. The van der Waals surface area contributed by atoms with Gasteiger partial charge in [-0.1, -0.05) is 26.7 Å². The second-order valence-electron chi connectivity index (χ2n) is 7.24. The first-order chi connectivity index (χ1) is 10.2. The van der Waals surface area contributed by atoms with Crippen molar-refractivity contribution < 1.29 is 4.74 Å². The van der Waals surface area contributed by atoms with E-state index >= 15 is 0 Å². The van der Waals surface area contributed by atoms with Gasteiger partial charge < -0.3 is 10.5 Å². The van der Waals surface area contributed by atoms with Crippen LogP contribution < -0.4 is 5.73 Å². The van der Waals surface area contributed by atoms with Crippen LogP contribution in [0, 0.1) is 5.92 Å². The molecule has 1 aliphatic carbocycles. The fraction of sp³-hybridized carbons (Fsp3) is 1.00. The minimum absolute atomic E-state index is 0.276. The average Bonchev–Trinajstić information content (AvgIpc) is 2.54. The average molecular weight is 296 g/mol. The van der Waals surface area contributed by atoms with E-state index in [-0.39, 0.29) is 5.54 Å². The SMILES string of the molecule is CCCOC1CCCN(C2(CN)CCC(CCC)CC2)C1. The Hall–Kier alpha value is -0.120. The molecule has 1 saturated heterocycles. The third-order valence-electron chi connectivity index (χ3n) is 5.72. The van der Waals surface area contributed by atoms with Crippen molar-refractivity contribution in [2.75, 3.05) is 26.2 Å². The van der Waals surface area contributed by atoms with Crippen molar-refractivity contribution in [3.8, 4) is 0 Å². The molecule has 0 aromatic rings. The van der Waals surface area contributed by atoms with Crippen LogP contribution in [0.15, 0.2) is 0 Å². The molecular formula is C18H36N2O. The van der Waals surface area contributed by atoms with Gasteiger partial charge in [-0.3, -0.25) is 4.90 Å². The standard InChI is InChI=1S/C18H36N2O/c1-3-6-16-8-10-18(15-19,11-9-16)20-12-5-7-17(14-20)21-13-4-2/h16-17H,3-15,19H2,1-2H3. The van der Waals surface area contributed by atoms with E-state index in [0.29, 0.717) is 6.10 Å². The Morgan fingerprint density at radius 3 is 2.52 bits per heavy atom. The number of nitrogens with two attached hydrogens (primary N) is 1.